The largest absolute Gasteiger partial charge is 0.465 e. The Morgan fingerprint density at radius 3 is 2.47 bits per heavy atom. The number of thiocarbonyl (C=S) groups is 1. The van der Waals surface area contributed by atoms with Gasteiger partial charge in [-0.2, -0.15) is 0 Å². The van der Waals surface area contributed by atoms with Crippen LogP contribution < -0.4 is 10.2 Å². The first-order valence-electron chi connectivity index (χ1n) is 11.9. The molecule has 182 valence electrons. The van der Waals surface area contributed by atoms with Crippen molar-refractivity contribution in [1.82, 2.24) is 10.3 Å². The third kappa shape index (κ3) is 4.38. The van der Waals surface area contributed by atoms with Crippen LogP contribution in [0.5, 0.6) is 0 Å². The third-order valence-corrected chi connectivity index (χ3v) is 6.77. The molecule has 0 bridgehead atoms. The number of carbonyl (C=O) groups excluding carboxylic acids is 1. The number of carbonyl (C=O) groups is 1. The number of nitrogens with one attached hydrogen (secondary N) is 1. The second kappa shape index (κ2) is 9.95. The van der Waals surface area contributed by atoms with E-state index in [0.29, 0.717) is 33.7 Å². The highest BCUT2D eigenvalue weighted by molar-refractivity contribution is 7.80. The first-order chi connectivity index (χ1) is 17.5. The maximum absolute atomic E-state index is 12.4. The standard InChI is InChI=1S/C29H27N3O3S/c1-18(2)19-11-13-20(14-12-19)32-27(26(31-29(32)36)23-10-6-7-17-30-23)25-16-15-24(35-25)21-8-4-5-9-22(21)28(33)34-3/h4-18,26-27H,1-3H3,(H,31,36)/t26-,27-/m1/s1. The minimum absolute atomic E-state index is 0.224. The van der Waals surface area contributed by atoms with Crippen LogP contribution >= 0.6 is 12.2 Å². The minimum Gasteiger partial charge on any atom is -0.465 e. The van der Waals surface area contributed by atoms with Crippen molar-refractivity contribution in [2.45, 2.75) is 31.8 Å². The van der Waals surface area contributed by atoms with Gasteiger partial charge in [0.25, 0.3) is 0 Å². The molecule has 0 amide bonds. The van der Waals surface area contributed by atoms with Gasteiger partial charge in [0.05, 0.1) is 24.4 Å². The predicted octanol–water partition coefficient (Wildman–Crippen LogP) is 6.43. The number of ether oxygens (including phenoxy) is 1. The van der Waals surface area contributed by atoms with E-state index in [4.69, 9.17) is 21.4 Å². The average Bonchev–Trinajstić information content (AvgIpc) is 3.53. The number of esters is 1. The van der Waals surface area contributed by atoms with E-state index in [0.717, 1.165) is 11.4 Å². The summed E-state index contributed by atoms with van der Waals surface area (Å²) in [6.45, 7) is 4.35. The fourth-order valence-electron chi connectivity index (χ4n) is 4.58. The first-order valence-corrected chi connectivity index (χ1v) is 12.3. The van der Waals surface area contributed by atoms with Crippen LogP contribution in [0.2, 0.25) is 0 Å². The van der Waals surface area contributed by atoms with Gasteiger partial charge >= 0.3 is 5.97 Å². The fraction of sp³-hybridized carbons (Fsp3) is 0.207. The number of methoxy groups -OCH3 is 1. The highest BCUT2D eigenvalue weighted by atomic mass is 32.1. The van der Waals surface area contributed by atoms with Crippen LogP contribution in [0.4, 0.5) is 5.69 Å². The molecule has 1 saturated heterocycles. The van der Waals surface area contributed by atoms with Crippen LogP contribution in [-0.4, -0.2) is 23.2 Å². The van der Waals surface area contributed by atoms with Crippen LogP contribution in [0.3, 0.4) is 0 Å². The van der Waals surface area contributed by atoms with Gasteiger partial charge in [0.2, 0.25) is 0 Å². The number of nitrogens with zero attached hydrogens (tertiary/aromatic N) is 2. The van der Waals surface area contributed by atoms with E-state index in [9.17, 15) is 4.79 Å². The maximum atomic E-state index is 12.4. The zero-order valence-electron chi connectivity index (χ0n) is 20.3. The first kappa shape index (κ1) is 23.8. The van der Waals surface area contributed by atoms with Gasteiger partial charge in [0, 0.05) is 17.4 Å². The molecule has 0 aliphatic carbocycles. The molecule has 36 heavy (non-hydrogen) atoms. The summed E-state index contributed by atoms with van der Waals surface area (Å²) in [5.74, 6) is 1.31. The van der Waals surface area contributed by atoms with Gasteiger partial charge in [0.15, 0.2) is 5.11 Å². The number of furan rings is 1. The Bertz CT molecular complexity index is 1380. The van der Waals surface area contributed by atoms with Crippen molar-refractivity contribution in [3.8, 4) is 11.3 Å². The Labute approximate surface area is 215 Å². The molecule has 0 spiro atoms. The molecule has 0 unspecified atom stereocenters. The van der Waals surface area contributed by atoms with E-state index >= 15 is 0 Å². The highest BCUT2D eigenvalue weighted by Gasteiger charge is 2.42. The van der Waals surface area contributed by atoms with Crippen molar-refractivity contribution in [3.63, 3.8) is 0 Å². The topological polar surface area (TPSA) is 67.6 Å². The van der Waals surface area contributed by atoms with Gasteiger partial charge in [0.1, 0.15) is 17.6 Å². The van der Waals surface area contributed by atoms with E-state index in [1.807, 2.05) is 42.5 Å². The van der Waals surface area contributed by atoms with Crippen molar-refractivity contribution in [2.75, 3.05) is 12.0 Å². The highest BCUT2D eigenvalue weighted by Crippen LogP contribution is 2.43. The molecular weight excluding hydrogens is 470 g/mol. The lowest BCUT2D eigenvalue weighted by Gasteiger charge is -2.26. The molecule has 0 radical (unpaired) electrons. The van der Waals surface area contributed by atoms with Crippen LogP contribution in [0.1, 0.15) is 59.2 Å². The molecule has 2 aromatic carbocycles. The maximum Gasteiger partial charge on any atom is 0.338 e. The summed E-state index contributed by atoms with van der Waals surface area (Å²) in [5, 5.41) is 4.05. The molecule has 2 aromatic heterocycles. The lowest BCUT2D eigenvalue weighted by molar-refractivity contribution is 0.0601. The monoisotopic (exact) mass is 497 g/mol. The number of anilines is 1. The van der Waals surface area contributed by atoms with Crippen molar-refractivity contribution < 1.29 is 13.9 Å². The summed E-state index contributed by atoms with van der Waals surface area (Å²) in [7, 11) is 1.37. The lowest BCUT2D eigenvalue weighted by atomic mass is 10.0. The van der Waals surface area contributed by atoms with Gasteiger partial charge in [-0.3, -0.25) is 4.98 Å². The normalized spacial score (nSPS) is 17.3. The van der Waals surface area contributed by atoms with Crippen LogP contribution in [-0.2, 0) is 4.74 Å². The van der Waals surface area contributed by atoms with Crippen LogP contribution in [0.15, 0.2) is 89.5 Å². The van der Waals surface area contributed by atoms with E-state index in [2.05, 4.69) is 53.3 Å². The zero-order valence-corrected chi connectivity index (χ0v) is 21.2. The molecule has 1 N–H and O–H groups in total. The molecule has 3 heterocycles. The van der Waals surface area contributed by atoms with E-state index < -0.39 is 5.97 Å². The molecular formula is C29H27N3O3S. The molecule has 4 aromatic rings. The summed E-state index contributed by atoms with van der Waals surface area (Å²) >= 11 is 5.82. The minimum atomic E-state index is -0.412. The zero-order chi connectivity index (χ0) is 25.2. The smallest absolute Gasteiger partial charge is 0.338 e. The van der Waals surface area contributed by atoms with E-state index in [1.165, 1.54) is 12.7 Å². The Hall–Kier alpha value is -3.97. The van der Waals surface area contributed by atoms with Crippen LogP contribution in [0.25, 0.3) is 11.3 Å². The van der Waals surface area contributed by atoms with Gasteiger partial charge in [-0.25, -0.2) is 4.79 Å². The van der Waals surface area contributed by atoms with Crippen LogP contribution in [0, 0.1) is 0 Å². The molecule has 7 heteroatoms. The van der Waals surface area contributed by atoms with Crippen molar-refractivity contribution in [3.05, 3.63) is 108 Å². The molecule has 1 aliphatic heterocycles. The third-order valence-electron chi connectivity index (χ3n) is 6.45. The summed E-state index contributed by atoms with van der Waals surface area (Å²) < 4.78 is 11.4. The number of benzene rings is 2. The van der Waals surface area contributed by atoms with E-state index in [1.54, 1.807) is 18.3 Å². The fourth-order valence-corrected chi connectivity index (χ4v) is 4.93. The molecule has 0 saturated carbocycles. The number of pyridine rings is 1. The van der Waals surface area contributed by atoms with Gasteiger partial charge < -0.3 is 19.4 Å². The Morgan fingerprint density at radius 1 is 1.03 bits per heavy atom. The molecule has 5 rings (SSSR count). The van der Waals surface area contributed by atoms with Gasteiger partial charge in [-0.05, 0) is 66.2 Å². The Kier molecular flexibility index (Phi) is 6.57. The SMILES string of the molecule is COC(=O)c1ccccc1-c1ccc([C@@H]2[C@@H](c3ccccn3)NC(=S)N2c2ccc(C(C)C)cc2)o1. The number of hydrogen-bond acceptors (Lipinski definition) is 5. The van der Waals surface area contributed by atoms with E-state index in [-0.39, 0.29) is 12.1 Å². The summed E-state index contributed by atoms with van der Waals surface area (Å²) in [6.07, 6.45) is 1.78. The Balaban J connectivity index is 1.59. The number of aromatic nitrogens is 1. The van der Waals surface area contributed by atoms with Crippen molar-refractivity contribution in [2.24, 2.45) is 0 Å². The molecule has 6 nitrogen and oxygen atoms in total. The second-order valence-electron chi connectivity index (χ2n) is 8.98. The van der Waals surface area contributed by atoms with Gasteiger partial charge in [-0.1, -0.05) is 50.2 Å². The molecule has 1 fully saturated rings. The number of rotatable bonds is 6. The average molecular weight is 498 g/mol. The number of hydrogen-bond donors (Lipinski definition) is 1. The molecule has 1 aliphatic rings. The Morgan fingerprint density at radius 2 is 1.78 bits per heavy atom. The van der Waals surface area contributed by atoms with Crippen molar-refractivity contribution >= 4 is 29.0 Å². The van der Waals surface area contributed by atoms with Gasteiger partial charge in [-0.15, -0.1) is 0 Å². The summed E-state index contributed by atoms with van der Waals surface area (Å²) in [4.78, 5) is 19.0. The second-order valence-corrected chi connectivity index (χ2v) is 9.37. The molecule has 2 atom stereocenters. The van der Waals surface area contributed by atoms with Crippen molar-refractivity contribution in [1.29, 1.82) is 0 Å². The lowest BCUT2D eigenvalue weighted by Crippen LogP contribution is -2.29. The predicted molar refractivity (Wildman–Crippen MR) is 144 cm³/mol. The quantitative estimate of drug-likeness (QED) is 0.243. The summed E-state index contributed by atoms with van der Waals surface area (Å²) in [5.41, 5.74) is 4.20. The summed E-state index contributed by atoms with van der Waals surface area (Å²) in [6, 6.07) is 24.9.